The van der Waals surface area contributed by atoms with E-state index in [1.807, 2.05) is 18.2 Å². The van der Waals surface area contributed by atoms with E-state index < -0.39 is 28.5 Å². The fraction of sp³-hybridized carbons (Fsp3) is 0.440. The molecular weight excluding hydrogens is 456 g/mol. The van der Waals surface area contributed by atoms with Crippen molar-refractivity contribution < 1.29 is 27.5 Å². The molecule has 0 bridgehead atoms. The topological polar surface area (TPSA) is 102 Å². The molecule has 4 rings (SSSR count). The molecule has 1 aliphatic heterocycles. The zero-order valence-electron chi connectivity index (χ0n) is 19.3. The number of amides is 1. The average Bonchev–Trinajstić information content (AvgIpc) is 3.12. The molecule has 1 amide bonds. The van der Waals surface area contributed by atoms with Crippen molar-refractivity contribution in [3.05, 3.63) is 53.1 Å². The number of methoxy groups -OCH3 is 1. The van der Waals surface area contributed by atoms with Gasteiger partial charge in [-0.2, -0.15) is 4.31 Å². The summed E-state index contributed by atoms with van der Waals surface area (Å²) in [6, 6.07) is 9.92. The molecular formula is C25H30N2O6S. The second-order valence-electron chi connectivity index (χ2n) is 8.64. The maximum absolute atomic E-state index is 13.1. The zero-order chi connectivity index (χ0) is 24.1. The summed E-state index contributed by atoms with van der Waals surface area (Å²) in [6.07, 6.45) is 6.77. The van der Waals surface area contributed by atoms with E-state index in [1.54, 1.807) is 0 Å². The monoisotopic (exact) mass is 486 g/mol. The third-order valence-corrected chi connectivity index (χ3v) is 8.20. The number of sulfonamides is 1. The number of ether oxygens (including phenoxy) is 2. The average molecular weight is 487 g/mol. The summed E-state index contributed by atoms with van der Waals surface area (Å²) in [4.78, 5) is 25.1. The van der Waals surface area contributed by atoms with E-state index in [0.29, 0.717) is 18.8 Å². The van der Waals surface area contributed by atoms with Crippen molar-refractivity contribution in [1.82, 2.24) is 4.31 Å². The number of fused-ring (bicyclic) bond motifs is 1. The van der Waals surface area contributed by atoms with Gasteiger partial charge in [-0.05, 0) is 73.6 Å². The van der Waals surface area contributed by atoms with E-state index >= 15 is 0 Å². The molecule has 1 aliphatic carbocycles. The molecule has 2 aliphatic rings. The van der Waals surface area contributed by atoms with Crippen LogP contribution in [0.1, 0.15) is 53.6 Å². The maximum Gasteiger partial charge on any atom is 0.342 e. The predicted octanol–water partition coefficient (Wildman–Crippen LogP) is 3.54. The molecule has 1 heterocycles. The van der Waals surface area contributed by atoms with E-state index in [4.69, 9.17) is 9.47 Å². The Morgan fingerprint density at radius 3 is 2.41 bits per heavy atom. The van der Waals surface area contributed by atoms with Crippen LogP contribution in [0.25, 0.3) is 0 Å². The third-order valence-electron chi connectivity index (χ3n) is 6.31. The second kappa shape index (κ2) is 10.6. The first-order valence-corrected chi connectivity index (χ1v) is 13.1. The van der Waals surface area contributed by atoms with Gasteiger partial charge in [-0.15, -0.1) is 0 Å². The quantitative estimate of drug-likeness (QED) is 0.601. The van der Waals surface area contributed by atoms with Crippen LogP contribution < -0.4 is 10.1 Å². The number of hydrogen-bond acceptors (Lipinski definition) is 6. The number of nitrogens with one attached hydrogen (secondary N) is 1. The molecule has 9 heteroatoms. The normalized spacial score (nSPS) is 16.4. The summed E-state index contributed by atoms with van der Waals surface area (Å²) in [7, 11) is -2.37. The first kappa shape index (κ1) is 24.2. The zero-order valence-corrected chi connectivity index (χ0v) is 20.2. The lowest BCUT2D eigenvalue weighted by molar-refractivity contribution is -0.119. The molecule has 0 radical (unpaired) electrons. The maximum atomic E-state index is 13.1. The Morgan fingerprint density at radius 2 is 1.68 bits per heavy atom. The molecule has 1 N–H and O–H groups in total. The number of hydrogen-bond donors (Lipinski definition) is 1. The highest BCUT2D eigenvalue weighted by atomic mass is 32.2. The van der Waals surface area contributed by atoms with Gasteiger partial charge in [-0.25, -0.2) is 13.2 Å². The Kier molecular flexibility index (Phi) is 7.53. The fourth-order valence-electron chi connectivity index (χ4n) is 4.49. The highest BCUT2D eigenvalue weighted by Gasteiger charge is 2.27. The van der Waals surface area contributed by atoms with Crippen molar-refractivity contribution in [2.45, 2.75) is 49.8 Å². The number of carbonyl (C=O) groups excluding carboxylic acids is 2. The molecule has 0 unspecified atom stereocenters. The van der Waals surface area contributed by atoms with Crippen LogP contribution in [0.4, 0.5) is 5.69 Å². The minimum absolute atomic E-state index is 0.00439. The van der Waals surface area contributed by atoms with Crippen molar-refractivity contribution in [1.29, 1.82) is 0 Å². The summed E-state index contributed by atoms with van der Waals surface area (Å²) in [5, 5.41) is 2.74. The Bertz CT molecular complexity index is 1170. The van der Waals surface area contributed by atoms with Crippen LogP contribution in [0, 0.1) is 0 Å². The van der Waals surface area contributed by atoms with Crippen molar-refractivity contribution in [2.75, 3.05) is 32.1 Å². The highest BCUT2D eigenvalue weighted by molar-refractivity contribution is 7.89. The number of carbonyl (C=O) groups is 2. The smallest absolute Gasteiger partial charge is 0.342 e. The van der Waals surface area contributed by atoms with E-state index in [9.17, 15) is 18.0 Å². The van der Waals surface area contributed by atoms with Gasteiger partial charge >= 0.3 is 5.97 Å². The number of nitrogens with zero attached hydrogens (tertiary/aromatic N) is 1. The van der Waals surface area contributed by atoms with Gasteiger partial charge in [0.15, 0.2) is 6.61 Å². The molecule has 0 aromatic heterocycles. The van der Waals surface area contributed by atoms with Gasteiger partial charge in [0, 0.05) is 18.8 Å². The third kappa shape index (κ3) is 5.42. The van der Waals surface area contributed by atoms with Gasteiger partial charge in [-0.1, -0.05) is 18.9 Å². The molecule has 2 aromatic rings. The van der Waals surface area contributed by atoms with E-state index in [2.05, 4.69) is 5.32 Å². The molecule has 182 valence electrons. The molecule has 0 saturated carbocycles. The van der Waals surface area contributed by atoms with E-state index in [1.165, 1.54) is 40.7 Å². The molecule has 34 heavy (non-hydrogen) atoms. The lowest BCUT2D eigenvalue weighted by Crippen LogP contribution is -2.32. The minimum atomic E-state index is -3.75. The Balaban J connectivity index is 1.44. The molecule has 1 saturated heterocycles. The molecule has 0 atom stereocenters. The summed E-state index contributed by atoms with van der Waals surface area (Å²) in [6.45, 7) is 0.413. The van der Waals surface area contributed by atoms with Crippen molar-refractivity contribution >= 4 is 27.6 Å². The molecule has 8 nitrogen and oxygen atoms in total. The lowest BCUT2D eigenvalue weighted by atomic mass is 10.1. The van der Waals surface area contributed by atoms with Crippen LogP contribution in [0.15, 0.2) is 41.3 Å². The summed E-state index contributed by atoms with van der Waals surface area (Å²) in [5.41, 5.74) is 3.14. The molecule has 2 aromatic carbocycles. The van der Waals surface area contributed by atoms with Crippen molar-refractivity contribution in [2.24, 2.45) is 0 Å². The van der Waals surface area contributed by atoms with Crippen LogP contribution in [0.5, 0.6) is 5.75 Å². The van der Waals surface area contributed by atoms with Crippen LogP contribution >= 0.6 is 0 Å². The summed E-state index contributed by atoms with van der Waals surface area (Å²) in [5.74, 6) is -1.12. The highest BCUT2D eigenvalue weighted by Crippen LogP contribution is 2.27. The Morgan fingerprint density at radius 1 is 0.941 bits per heavy atom. The van der Waals surface area contributed by atoms with Crippen LogP contribution in [0.3, 0.4) is 0 Å². The largest absolute Gasteiger partial charge is 0.496 e. The van der Waals surface area contributed by atoms with Crippen LogP contribution in [-0.2, 0) is 32.4 Å². The summed E-state index contributed by atoms with van der Waals surface area (Å²) < 4.78 is 38.2. The number of esters is 1. The number of benzene rings is 2. The van der Waals surface area contributed by atoms with E-state index in [0.717, 1.165) is 44.9 Å². The van der Waals surface area contributed by atoms with Crippen LogP contribution in [-0.4, -0.2) is 51.4 Å². The fourth-order valence-corrected chi connectivity index (χ4v) is 6.04. The van der Waals surface area contributed by atoms with Crippen molar-refractivity contribution in [3.63, 3.8) is 0 Å². The number of rotatable bonds is 7. The SMILES string of the molecule is COc1ccc(S(=O)(=O)N2CCCCCC2)cc1C(=O)OCC(=O)Nc1ccc2c(c1)CCC2. The first-order chi connectivity index (χ1) is 16.4. The Hall–Kier alpha value is -2.91. The van der Waals surface area contributed by atoms with Crippen molar-refractivity contribution in [3.8, 4) is 5.75 Å². The van der Waals surface area contributed by atoms with Gasteiger partial charge in [-0.3, -0.25) is 4.79 Å². The predicted molar refractivity (Wildman–Crippen MR) is 128 cm³/mol. The van der Waals surface area contributed by atoms with Crippen LogP contribution in [0.2, 0.25) is 0 Å². The second-order valence-corrected chi connectivity index (χ2v) is 10.6. The van der Waals surface area contributed by atoms with E-state index in [-0.39, 0.29) is 16.2 Å². The summed E-state index contributed by atoms with van der Waals surface area (Å²) >= 11 is 0. The van der Waals surface area contributed by atoms with Gasteiger partial charge < -0.3 is 14.8 Å². The first-order valence-electron chi connectivity index (χ1n) is 11.7. The van der Waals surface area contributed by atoms with Gasteiger partial charge in [0.25, 0.3) is 5.91 Å². The number of aryl methyl sites for hydroxylation is 2. The Labute approximate surface area is 200 Å². The molecule has 0 spiro atoms. The number of anilines is 1. The lowest BCUT2D eigenvalue weighted by Gasteiger charge is -2.20. The van der Waals surface area contributed by atoms with Gasteiger partial charge in [0.2, 0.25) is 10.0 Å². The van der Waals surface area contributed by atoms with Gasteiger partial charge in [0.1, 0.15) is 11.3 Å². The van der Waals surface area contributed by atoms with Gasteiger partial charge in [0.05, 0.1) is 12.0 Å². The molecule has 1 fully saturated rings. The minimum Gasteiger partial charge on any atom is -0.496 e. The standard InChI is InChI=1S/C25H30N2O6S/c1-32-23-12-11-21(34(30,31)27-13-4-2-3-5-14-27)16-22(23)25(29)33-17-24(28)26-20-10-9-18-7-6-8-19(18)15-20/h9-12,15-16H,2-8,13-14,17H2,1H3,(H,26,28).